The Morgan fingerprint density at radius 2 is 1.88 bits per heavy atom. The van der Waals surface area contributed by atoms with Gasteiger partial charge in [0, 0.05) is 10.6 Å². The Labute approximate surface area is 109 Å². The van der Waals surface area contributed by atoms with E-state index in [1.165, 1.54) is 6.26 Å². The molecule has 1 aromatic carbocycles. The molecule has 1 heterocycles. The Morgan fingerprint density at radius 1 is 1.24 bits per heavy atom. The quantitative estimate of drug-likeness (QED) is 0.848. The molecule has 2 N–H and O–H groups in total. The average molecular weight is 323 g/mol. The third-order valence-corrected chi connectivity index (χ3v) is 3.33. The maximum atomic E-state index is 13.1. The van der Waals surface area contributed by atoms with Crippen LogP contribution in [0.2, 0.25) is 5.02 Å². The second kappa shape index (κ2) is 4.76. The molecule has 1 atom stereocenters. The Kier molecular flexibility index (Phi) is 3.51. The van der Waals surface area contributed by atoms with Gasteiger partial charge < -0.3 is 10.2 Å². The molecule has 0 spiro atoms. The molecule has 2 nitrogen and oxygen atoms in total. The lowest BCUT2D eigenvalue weighted by molar-refractivity contribution is 0.506. The van der Waals surface area contributed by atoms with Crippen molar-refractivity contribution in [3.05, 3.63) is 56.9 Å². The minimum absolute atomic E-state index is 0.0736. The molecule has 0 saturated heterocycles. The van der Waals surface area contributed by atoms with Crippen molar-refractivity contribution < 1.29 is 13.2 Å². The molecule has 2 rings (SSSR count). The number of hydrogen-bond acceptors (Lipinski definition) is 2. The number of nitrogens with two attached hydrogens (primary N) is 1. The Balaban J connectivity index is 2.48. The predicted molar refractivity (Wildman–Crippen MR) is 63.8 cm³/mol. The summed E-state index contributed by atoms with van der Waals surface area (Å²) in [6.45, 7) is 0. The van der Waals surface area contributed by atoms with E-state index in [-0.39, 0.29) is 5.02 Å². The topological polar surface area (TPSA) is 39.2 Å². The van der Waals surface area contributed by atoms with Gasteiger partial charge in [-0.2, -0.15) is 0 Å². The summed E-state index contributed by atoms with van der Waals surface area (Å²) in [5.41, 5.74) is 6.83. The largest absolute Gasteiger partial charge is 0.457 e. The molecule has 6 heteroatoms. The van der Waals surface area contributed by atoms with Gasteiger partial charge in [-0.15, -0.1) is 0 Å². The van der Waals surface area contributed by atoms with Gasteiger partial charge in [0.05, 0.1) is 12.3 Å². The lowest BCUT2D eigenvalue weighted by Crippen LogP contribution is -2.12. The van der Waals surface area contributed by atoms with E-state index in [2.05, 4.69) is 15.9 Å². The lowest BCUT2D eigenvalue weighted by atomic mass is 10.0. The van der Waals surface area contributed by atoms with Gasteiger partial charge in [0.2, 0.25) is 0 Å². The van der Waals surface area contributed by atoms with Crippen LogP contribution in [0.15, 0.2) is 33.5 Å². The fourth-order valence-electron chi connectivity index (χ4n) is 1.47. The zero-order valence-electron chi connectivity index (χ0n) is 8.38. The van der Waals surface area contributed by atoms with Crippen LogP contribution in [0, 0.1) is 11.6 Å². The summed E-state index contributed by atoms with van der Waals surface area (Å²) in [6, 6.07) is 2.83. The summed E-state index contributed by atoms with van der Waals surface area (Å²) in [4.78, 5) is 0. The van der Waals surface area contributed by atoms with Crippen molar-refractivity contribution in [1.82, 2.24) is 0 Å². The average Bonchev–Trinajstić information content (AvgIpc) is 2.69. The predicted octanol–water partition coefficient (Wildman–Crippen LogP) is 4.02. The normalized spacial score (nSPS) is 12.8. The van der Waals surface area contributed by atoms with E-state index >= 15 is 0 Å². The third-order valence-electron chi connectivity index (χ3n) is 2.36. The first kappa shape index (κ1) is 12.5. The van der Waals surface area contributed by atoms with Gasteiger partial charge in [0.15, 0.2) is 16.3 Å². The van der Waals surface area contributed by atoms with Gasteiger partial charge in [-0.3, -0.25) is 0 Å². The van der Waals surface area contributed by atoms with E-state index in [9.17, 15) is 8.78 Å². The van der Waals surface area contributed by atoms with Gasteiger partial charge in [-0.1, -0.05) is 11.6 Å². The molecule has 0 saturated carbocycles. The molecule has 0 aliphatic rings. The number of rotatable bonds is 2. The standard InChI is InChI=1S/C11H7BrClF2NO/c12-11-5(1-2-17-11)10(16)6-3-8(14)9(15)4-7(6)13/h1-4,10H,16H2. The molecule has 0 amide bonds. The Bertz CT molecular complexity index is 558. The van der Waals surface area contributed by atoms with Crippen molar-refractivity contribution in [2.75, 3.05) is 0 Å². The maximum absolute atomic E-state index is 13.1. The summed E-state index contributed by atoms with van der Waals surface area (Å²) in [5, 5.41) is 0.0736. The van der Waals surface area contributed by atoms with E-state index < -0.39 is 17.7 Å². The Morgan fingerprint density at radius 3 is 2.47 bits per heavy atom. The summed E-state index contributed by atoms with van der Waals surface area (Å²) in [7, 11) is 0. The summed E-state index contributed by atoms with van der Waals surface area (Å²) < 4.78 is 31.5. The molecule has 0 radical (unpaired) electrons. The minimum Gasteiger partial charge on any atom is -0.457 e. The van der Waals surface area contributed by atoms with Crippen molar-refractivity contribution in [3.8, 4) is 0 Å². The molecular weight excluding hydrogens is 315 g/mol. The second-order valence-electron chi connectivity index (χ2n) is 3.42. The fraction of sp³-hybridized carbons (Fsp3) is 0.0909. The highest BCUT2D eigenvalue weighted by Gasteiger charge is 2.19. The van der Waals surface area contributed by atoms with Crippen molar-refractivity contribution in [3.63, 3.8) is 0 Å². The molecule has 17 heavy (non-hydrogen) atoms. The van der Waals surface area contributed by atoms with Crippen LogP contribution >= 0.6 is 27.5 Å². The molecule has 1 aromatic heterocycles. The summed E-state index contributed by atoms with van der Waals surface area (Å²) >= 11 is 9.00. The number of halogens is 4. The second-order valence-corrected chi connectivity index (χ2v) is 4.54. The van der Waals surface area contributed by atoms with Crippen LogP contribution < -0.4 is 5.73 Å². The van der Waals surface area contributed by atoms with Crippen LogP contribution in [0.5, 0.6) is 0 Å². The van der Waals surface area contributed by atoms with Crippen LogP contribution in [0.1, 0.15) is 17.2 Å². The number of hydrogen-bond donors (Lipinski definition) is 1. The summed E-state index contributed by atoms with van der Waals surface area (Å²) in [5.74, 6) is -1.99. The molecule has 0 aliphatic carbocycles. The van der Waals surface area contributed by atoms with E-state index in [4.69, 9.17) is 21.8 Å². The molecule has 1 unspecified atom stereocenters. The summed E-state index contributed by atoms with van der Waals surface area (Å²) in [6.07, 6.45) is 1.44. The van der Waals surface area contributed by atoms with Crippen LogP contribution in [-0.4, -0.2) is 0 Å². The van der Waals surface area contributed by atoms with Crippen LogP contribution in [-0.2, 0) is 0 Å². The van der Waals surface area contributed by atoms with Crippen LogP contribution in [0.25, 0.3) is 0 Å². The molecule has 2 aromatic rings. The Hall–Kier alpha value is -0.910. The monoisotopic (exact) mass is 321 g/mol. The maximum Gasteiger partial charge on any atom is 0.174 e. The highest BCUT2D eigenvalue weighted by atomic mass is 79.9. The zero-order chi connectivity index (χ0) is 12.6. The smallest absolute Gasteiger partial charge is 0.174 e. The first-order chi connectivity index (χ1) is 8.00. The molecule has 90 valence electrons. The number of benzene rings is 1. The fourth-order valence-corrected chi connectivity index (χ4v) is 2.22. The van der Waals surface area contributed by atoms with E-state index in [0.717, 1.165) is 12.1 Å². The minimum atomic E-state index is -1.00. The van der Waals surface area contributed by atoms with Crippen molar-refractivity contribution in [2.24, 2.45) is 5.73 Å². The van der Waals surface area contributed by atoms with Gasteiger partial charge in [0.1, 0.15) is 0 Å². The lowest BCUT2D eigenvalue weighted by Gasteiger charge is -2.13. The van der Waals surface area contributed by atoms with Gasteiger partial charge >= 0.3 is 0 Å². The van der Waals surface area contributed by atoms with Crippen molar-refractivity contribution >= 4 is 27.5 Å². The highest BCUT2D eigenvalue weighted by molar-refractivity contribution is 9.10. The van der Waals surface area contributed by atoms with Gasteiger partial charge in [-0.05, 0) is 39.7 Å². The van der Waals surface area contributed by atoms with Gasteiger partial charge in [-0.25, -0.2) is 8.78 Å². The molecule has 0 aliphatic heterocycles. The van der Waals surface area contributed by atoms with Gasteiger partial charge in [0.25, 0.3) is 0 Å². The first-order valence-electron chi connectivity index (χ1n) is 4.63. The molecule has 0 bridgehead atoms. The number of furan rings is 1. The first-order valence-corrected chi connectivity index (χ1v) is 5.80. The SMILES string of the molecule is NC(c1cc(F)c(F)cc1Cl)c1ccoc1Br. The van der Waals surface area contributed by atoms with E-state index in [1.54, 1.807) is 6.07 Å². The van der Waals surface area contributed by atoms with Crippen LogP contribution in [0.4, 0.5) is 8.78 Å². The van der Waals surface area contributed by atoms with Crippen LogP contribution in [0.3, 0.4) is 0 Å². The van der Waals surface area contributed by atoms with Crippen molar-refractivity contribution in [2.45, 2.75) is 6.04 Å². The third kappa shape index (κ3) is 2.36. The highest BCUT2D eigenvalue weighted by Crippen LogP contribution is 2.32. The van der Waals surface area contributed by atoms with E-state index in [0.29, 0.717) is 15.8 Å². The van der Waals surface area contributed by atoms with Crippen molar-refractivity contribution in [1.29, 1.82) is 0 Å². The molecular formula is C11H7BrClF2NO. The molecule has 0 fully saturated rings. The van der Waals surface area contributed by atoms with E-state index in [1.807, 2.05) is 0 Å². The zero-order valence-corrected chi connectivity index (χ0v) is 10.7.